The van der Waals surface area contributed by atoms with Gasteiger partial charge in [-0.3, -0.25) is 4.79 Å². The molecule has 4 nitrogen and oxygen atoms in total. The number of nitrogens with zero attached hydrogens (tertiary/aromatic N) is 1. The minimum atomic E-state index is -0.290. The number of ether oxygens (including phenoxy) is 1. The molecule has 1 aromatic rings. The van der Waals surface area contributed by atoms with Crippen LogP contribution < -0.4 is 10.2 Å². The van der Waals surface area contributed by atoms with Gasteiger partial charge < -0.3 is 4.74 Å². The van der Waals surface area contributed by atoms with Crippen molar-refractivity contribution in [1.82, 2.24) is 5.43 Å². The van der Waals surface area contributed by atoms with Crippen molar-refractivity contribution in [2.24, 2.45) is 11.0 Å². The molecule has 1 aliphatic carbocycles. The van der Waals surface area contributed by atoms with Gasteiger partial charge >= 0.3 is 0 Å². The monoisotopic (exact) mass is 346 g/mol. The molecule has 0 radical (unpaired) electrons. The highest BCUT2D eigenvalue weighted by atomic mass is 35.5. The van der Waals surface area contributed by atoms with Gasteiger partial charge in [0.1, 0.15) is 5.75 Å². The molecule has 1 aliphatic rings. The molecule has 24 heavy (non-hydrogen) atoms. The Morgan fingerprint density at radius 1 is 1.46 bits per heavy atom. The van der Waals surface area contributed by atoms with Crippen LogP contribution in [0.15, 0.2) is 47.1 Å². The first-order valence-corrected chi connectivity index (χ1v) is 8.31. The maximum absolute atomic E-state index is 12.0. The molecular weight excluding hydrogens is 324 g/mol. The van der Waals surface area contributed by atoms with Crippen LogP contribution in [0.1, 0.15) is 32.3 Å². The summed E-state index contributed by atoms with van der Waals surface area (Å²) in [5, 5.41) is 4.89. The molecule has 2 rings (SSSR count). The number of hydrogen-bond donors (Lipinski definition) is 1. The Bertz CT molecular complexity index is 707. The van der Waals surface area contributed by atoms with E-state index in [1.807, 2.05) is 20.8 Å². The molecule has 1 aromatic carbocycles. The summed E-state index contributed by atoms with van der Waals surface area (Å²) in [6.07, 6.45) is 3.92. The summed E-state index contributed by atoms with van der Waals surface area (Å²) in [7, 11) is 0. The third kappa shape index (κ3) is 4.96. The number of nitrogens with one attached hydrogen (secondary N) is 1. The van der Waals surface area contributed by atoms with Crippen LogP contribution in [0.25, 0.3) is 0 Å². The first-order valence-electron chi connectivity index (χ1n) is 7.93. The highest BCUT2D eigenvalue weighted by Crippen LogP contribution is 2.26. The maximum atomic E-state index is 12.0. The van der Waals surface area contributed by atoms with Crippen LogP contribution in [0.2, 0.25) is 5.02 Å². The van der Waals surface area contributed by atoms with E-state index < -0.39 is 0 Å². The van der Waals surface area contributed by atoms with E-state index in [4.69, 9.17) is 16.3 Å². The molecule has 5 heteroatoms. The summed E-state index contributed by atoms with van der Waals surface area (Å²) in [6, 6.07) is 5.28. The van der Waals surface area contributed by atoms with Crippen molar-refractivity contribution in [3.8, 4) is 5.75 Å². The molecule has 0 aliphatic heterocycles. The van der Waals surface area contributed by atoms with Crippen molar-refractivity contribution >= 4 is 23.2 Å². The SMILES string of the molecule is C=C(C)[C@H]1CC=C(C)/C(=N\NC(=O)COc2ccc(Cl)cc2C)C1. The zero-order valence-corrected chi connectivity index (χ0v) is 15.1. The van der Waals surface area contributed by atoms with Crippen LogP contribution >= 0.6 is 11.6 Å². The second kappa shape index (κ2) is 8.15. The zero-order chi connectivity index (χ0) is 17.7. The Morgan fingerprint density at radius 3 is 2.88 bits per heavy atom. The minimum Gasteiger partial charge on any atom is -0.483 e. The number of hydrazone groups is 1. The van der Waals surface area contributed by atoms with Gasteiger partial charge in [-0.05, 0) is 68.9 Å². The van der Waals surface area contributed by atoms with E-state index in [0.29, 0.717) is 16.7 Å². The quantitative estimate of drug-likeness (QED) is 0.633. The van der Waals surface area contributed by atoms with Gasteiger partial charge in [0.15, 0.2) is 6.61 Å². The molecule has 0 fully saturated rings. The molecule has 0 saturated carbocycles. The van der Waals surface area contributed by atoms with Crippen LogP contribution in [0.5, 0.6) is 5.75 Å². The van der Waals surface area contributed by atoms with Crippen molar-refractivity contribution in [2.45, 2.75) is 33.6 Å². The van der Waals surface area contributed by atoms with Gasteiger partial charge in [0.05, 0.1) is 5.71 Å². The Balaban J connectivity index is 1.91. The molecule has 0 heterocycles. The standard InChI is InChI=1S/C19H23ClN2O2/c1-12(2)15-6-5-13(3)17(10-15)21-22-19(23)11-24-18-8-7-16(20)9-14(18)4/h5,7-9,15H,1,6,10-11H2,2-4H3,(H,22,23)/b21-17-/t15-/m0/s1. The lowest BCUT2D eigenvalue weighted by atomic mass is 9.85. The molecule has 1 atom stereocenters. The molecule has 0 unspecified atom stereocenters. The number of rotatable bonds is 5. The topological polar surface area (TPSA) is 50.7 Å². The Hall–Kier alpha value is -2.07. The summed E-state index contributed by atoms with van der Waals surface area (Å²) >= 11 is 5.90. The third-order valence-electron chi connectivity index (χ3n) is 4.11. The van der Waals surface area contributed by atoms with Crippen molar-refractivity contribution < 1.29 is 9.53 Å². The first-order chi connectivity index (χ1) is 11.4. The van der Waals surface area contributed by atoms with E-state index >= 15 is 0 Å². The van der Waals surface area contributed by atoms with Gasteiger partial charge in [-0.25, -0.2) is 5.43 Å². The highest BCUT2D eigenvalue weighted by molar-refractivity contribution is 6.30. The molecule has 0 aromatic heterocycles. The van der Waals surface area contributed by atoms with E-state index in [-0.39, 0.29) is 12.5 Å². The van der Waals surface area contributed by atoms with Crippen molar-refractivity contribution in [2.75, 3.05) is 6.61 Å². The first kappa shape index (κ1) is 18.3. The lowest BCUT2D eigenvalue weighted by molar-refractivity contribution is -0.123. The Labute approximate surface area is 148 Å². The summed E-state index contributed by atoms with van der Waals surface area (Å²) in [6.45, 7) is 9.83. The summed E-state index contributed by atoms with van der Waals surface area (Å²) in [5.74, 6) is 0.734. The number of carbonyl (C=O) groups is 1. The summed E-state index contributed by atoms with van der Waals surface area (Å²) in [5.41, 5.74) is 6.59. The average molecular weight is 347 g/mol. The predicted molar refractivity (Wildman–Crippen MR) is 98.6 cm³/mol. The second-order valence-electron chi connectivity index (χ2n) is 6.16. The van der Waals surface area contributed by atoms with Crippen LogP contribution in [0.3, 0.4) is 0 Å². The van der Waals surface area contributed by atoms with Gasteiger partial charge in [-0.1, -0.05) is 29.8 Å². The maximum Gasteiger partial charge on any atom is 0.277 e. The predicted octanol–water partition coefficient (Wildman–Crippen LogP) is 4.43. The van der Waals surface area contributed by atoms with Gasteiger partial charge in [-0.15, -0.1) is 0 Å². The number of amides is 1. The van der Waals surface area contributed by atoms with E-state index in [2.05, 4.69) is 23.2 Å². The fraction of sp³-hybridized carbons (Fsp3) is 0.368. The van der Waals surface area contributed by atoms with Crippen molar-refractivity contribution in [1.29, 1.82) is 0 Å². The summed E-state index contributed by atoms with van der Waals surface area (Å²) < 4.78 is 5.51. The molecule has 1 N–H and O–H groups in total. The number of benzene rings is 1. The fourth-order valence-electron chi connectivity index (χ4n) is 2.50. The Morgan fingerprint density at radius 2 is 2.21 bits per heavy atom. The molecule has 0 bridgehead atoms. The van der Waals surface area contributed by atoms with Crippen LogP contribution in [-0.4, -0.2) is 18.2 Å². The number of halogens is 1. The largest absolute Gasteiger partial charge is 0.483 e. The van der Waals surface area contributed by atoms with E-state index in [9.17, 15) is 4.79 Å². The zero-order valence-electron chi connectivity index (χ0n) is 14.4. The van der Waals surface area contributed by atoms with Gasteiger partial charge in [0.2, 0.25) is 0 Å². The van der Waals surface area contributed by atoms with Gasteiger partial charge in [0, 0.05) is 5.02 Å². The third-order valence-corrected chi connectivity index (χ3v) is 4.35. The summed E-state index contributed by atoms with van der Waals surface area (Å²) in [4.78, 5) is 12.0. The highest BCUT2D eigenvalue weighted by Gasteiger charge is 2.18. The molecular formula is C19H23ClN2O2. The normalized spacial score (nSPS) is 18.9. The van der Waals surface area contributed by atoms with E-state index in [1.165, 1.54) is 0 Å². The number of aryl methyl sites for hydroxylation is 1. The van der Waals surface area contributed by atoms with Crippen molar-refractivity contribution in [3.63, 3.8) is 0 Å². The second-order valence-corrected chi connectivity index (χ2v) is 6.60. The van der Waals surface area contributed by atoms with Crippen molar-refractivity contribution in [3.05, 3.63) is 52.6 Å². The molecule has 0 spiro atoms. The molecule has 128 valence electrons. The molecule has 1 amide bonds. The number of hydrogen-bond acceptors (Lipinski definition) is 3. The van der Waals surface area contributed by atoms with E-state index in [1.54, 1.807) is 18.2 Å². The van der Waals surface area contributed by atoms with Crippen LogP contribution in [0.4, 0.5) is 0 Å². The Kier molecular flexibility index (Phi) is 6.21. The van der Waals surface area contributed by atoms with Crippen LogP contribution in [0, 0.1) is 12.8 Å². The fourth-order valence-corrected chi connectivity index (χ4v) is 2.73. The smallest absolute Gasteiger partial charge is 0.277 e. The van der Waals surface area contributed by atoms with Crippen LogP contribution in [-0.2, 0) is 4.79 Å². The minimum absolute atomic E-state index is 0.0913. The lowest BCUT2D eigenvalue weighted by Gasteiger charge is -2.22. The molecule has 0 saturated heterocycles. The average Bonchev–Trinajstić information content (AvgIpc) is 2.53. The number of carbonyl (C=O) groups excluding carboxylic acids is 1. The van der Waals surface area contributed by atoms with Gasteiger partial charge in [-0.2, -0.15) is 5.10 Å². The van der Waals surface area contributed by atoms with Gasteiger partial charge in [0.25, 0.3) is 5.91 Å². The lowest BCUT2D eigenvalue weighted by Crippen LogP contribution is -2.27. The van der Waals surface area contributed by atoms with E-state index in [0.717, 1.165) is 35.3 Å². The number of allylic oxidation sites excluding steroid dienone is 3.